The summed E-state index contributed by atoms with van der Waals surface area (Å²) in [5, 5.41) is 3.17. The van der Waals surface area contributed by atoms with Gasteiger partial charge in [-0.05, 0) is 38.8 Å². The molecule has 1 aromatic rings. The second-order valence-electron chi connectivity index (χ2n) is 4.77. The number of nitrogens with zero attached hydrogens (tertiary/aromatic N) is 1. The largest absolute Gasteiger partial charge is 0.464 e. The molecule has 1 unspecified atom stereocenters. The predicted octanol–water partition coefficient (Wildman–Crippen LogP) is 2.50. The fourth-order valence-corrected chi connectivity index (χ4v) is 2.25. The molecule has 0 aliphatic heterocycles. The Morgan fingerprint density at radius 3 is 2.76 bits per heavy atom. The van der Waals surface area contributed by atoms with Crippen LogP contribution in [0.2, 0.25) is 0 Å². The van der Waals surface area contributed by atoms with Crippen molar-refractivity contribution in [2.45, 2.75) is 51.6 Å². The van der Waals surface area contributed by atoms with Crippen molar-refractivity contribution in [3.8, 4) is 0 Å². The normalized spacial score (nSPS) is 19.5. The van der Waals surface area contributed by atoms with Crippen LogP contribution in [0.5, 0.6) is 0 Å². The molecule has 1 aliphatic rings. The molecule has 0 saturated heterocycles. The Morgan fingerprint density at radius 1 is 1.47 bits per heavy atom. The number of hydrogen-bond acceptors (Lipinski definition) is 2. The fraction of sp³-hybridized carbons (Fsp3) is 0.615. The molecular formula is C13H21N3O. The van der Waals surface area contributed by atoms with Crippen LogP contribution in [0.25, 0.3) is 0 Å². The van der Waals surface area contributed by atoms with Crippen molar-refractivity contribution in [1.29, 1.82) is 0 Å². The molecule has 4 nitrogen and oxygen atoms in total. The SMILES string of the molecule is Cc1ccc(C(C)NC(N)=NC2CCCC2)o1. The lowest BCUT2D eigenvalue weighted by Gasteiger charge is -2.13. The Labute approximate surface area is 102 Å². The molecule has 1 fully saturated rings. The van der Waals surface area contributed by atoms with Crippen molar-refractivity contribution >= 4 is 5.96 Å². The molecule has 1 heterocycles. The number of guanidine groups is 1. The van der Waals surface area contributed by atoms with Crippen molar-refractivity contribution < 1.29 is 4.42 Å². The van der Waals surface area contributed by atoms with Gasteiger partial charge in [0.15, 0.2) is 5.96 Å². The highest BCUT2D eigenvalue weighted by atomic mass is 16.3. The van der Waals surface area contributed by atoms with Crippen LogP contribution >= 0.6 is 0 Å². The summed E-state index contributed by atoms with van der Waals surface area (Å²) in [6.45, 7) is 3.96. The fourth-order valence-electron chi connectivity index (χ4n) is 2.25. The van der Waals surface area contributed by atoms with Gasteiger partial charge in [0.05, 0.1) is 12.1 Å². The molecule has 0 aromatic carbocycles. The van der Waals surface area contributed by atoms with E-state index in [1.54, 1.807) is 0 Å². The van der Waals surface area contributed by atoms with Crippen LogP contribution < -0.4 is 11.1 Å². The summed E-state index contributed by atoms with van der Waals surface area (Å²) in [4.78, 5) is 4.49. The number of nitrogens with one attached hydrogen (secondary N) is 1. The Hall–Kier alpha value is -1.45. The molecule has 3 N–H and O–H groups in total. The molecule has 94 valence electrons. The molecule has 4 heteroatoms. The van der Waals surface area contributed by atoms with Gasteiger partial charge in [0, 0.05) is 0 Å². The number of aryl methyl sites for hydroxylation is 1. The van der Waals surface area contributed by atoms with Gasteiger partial charge in [0.2, 0.25) is 0 Å². The predicted molar refractivity (Wildman–Crippen MR) is 68.9 cm³/mol. The molecule has 1 atom stereocenters. The highest BCUT2D eigenvalue weighted by Crippen LogP contribution is 2.21. The van der Waals surface area contributed by atoms with Crippen LogP contribution in [0, 0.1) is 6.92 Å². The van der Waals surface area contributed by atoms with Gasteiger partial charge in [-0.1, -0.05) is 12.8 Å². The van der Waals surface area contributed by atoms with E-state index in [9.17, 15) is 0 Å². The van der Waals surface area contributed by atoms with E-state index in [1.165, 1.54) is 12.8 Å². The maximum Gasteiger partial charge on any atom is 0.189 e. The van der Waals surface area contributed by atoms with Gasteiger partial charge in [-0.3, -0.25) is 4.99 Å². The van der Waals surface area contributed by atoms with E-state index in [1.807, 2.05) is 26.0 Å². The standard InChI is InChI=1S/C13H21N3O/c1-9-7-8-12(17-9)10(2)15-13(14)16-11-5-3-4-6-11/h7-8,10-11H,3-6H2,1-2H3,(H3,14,15,16). The van der Waals surface area contributed by atoms with E-state index in [4.69, 9.17) is 10.2 Å². The maximum atomic E-state index is 5.90. The molecule has 2 rings (SSSR count). The van der Waals surface area contributed by atoms with Crippen LogP contribution in [0.4, 0.5) is 0 Å². The van der Waals surface area contributed by atoms with Crippen LogP contribution in [0.15, 0.2) is 21.5 Å². The van der Waals surface area contributed by atoms with Crippen molar-refractivity contribution in [2.75, 3.05) is 0 Å². The van der Waals surface area contributed by atoms with Gasteiger partial charge >= 0.3 is 0 Å². The summed E-state index contributed by atoms with van der Waals surface area (Å²) in [5.74, 6) is 2.34. The second kappa shape index (κ2) is 5.25. The van der Waals surface area contributed by atoms with Crippen molar-refractivity contribution in [3.05, 3.63) is 23.7 Å². The minimum absolute atomic E-state index is 0.0638. The monoisotopic (exact) mass is 235 g/mol. The number of furan rings is 1. The first-order chi connectivity index (χ1) is 8.15. The summed E-state index contributed by atoms with van der Waals surface area (Å²) < 4.78 is 5.54. The highest BCUT2D eigenvalue weighted by molar-refractivity contribution is 5.78. The van der Waals surface area contributed by atoms with Gasteiger partial charge in [0.25, 0.3) is 0 Å². The average Bonchev–Trinajstić information content (AvgIpc) is 2.89. The Morgan fingerprint density at radius 2 is 2.18 bits per heavy atom. The molecule has 0 radical (unpaired) electrons. The number of nitrogens with two attached hydrogens (primary N) is 1. The zero-order valence-corrected chi connectivity index (χ0v) is 10.6. The number of hydrogen-bond donors (Lipinski definition) is 2. The quantitative estimate of drug-likeness (QED) is 0.625. The first-order valence-corrected chi connectivity index (χ1v) is 6.31. The summed E-state index contributed by atoms with van der Waals surface area (Å²) in [5.41, 5.74) is 5.90. The van der Waals surface area contributed by atoms with Crippen LogP contribution in [0.3, 0.4) is 0 Å². The summed E-state index contributed by atoms with van der Waals surface area (Å²) in [7, 11) is 0. The Kier molecular flexibility index (Phi) is 3.71. The van der Waals surface area contributed by atoms with Crippen LogP contribution in [0.1, 0.15) is 50.2 Å². The maximum absolute atomic E-state index is 5.90. The molecule has 1 aromatic heterocycles. The number of aliphatic imine (C=N–C) groups is 1. The Balaban J connectivity index is 1.91. The molecule has 1 saturated carbocycles. The van der Waals surface area contributed by atoms with Gasteiger partial charge in [-0.2, -0.15) is 0 Å². The van der Waals surface area contributed by atoms with E-state index in [2.05, 4.69) is 10.3 Å². The van der Waals surface area contributed by atoms with Gasteiger partial charge in [-0.25, -0.2) is 0 Å². The minimum Gasteiger partial charge on any atom is -0.464 e. The lowest BCUT2D eigenvalue weighted by Crippen LogP contribution is -2.34. The zero-order valence-electron chi connectivity index (χ0n) is 10.6. The van der Waals surface area contributed by atoms with Crippen LogP contribution in [-0.2, 0) is 0 Å². The van der Waals surface area contributed by atoms with E-state index in [-0.39, 0.29) is 6.04 Å². The molecule has 0 amide bonds. The molecular weight excluding hydrogens is 214 g/mol. The summed E-state index contributed by atoms with van der Waals surface area (Å²) in [6, 6.07) is 4.40. The van der Waals surface area contributed by atoms with E-state index in [0.717, 1.165) is 24.4 Å². The first-order valence-electron chi connectivity index (χ1n) is 6.31. The zero-order chi connectivity index (χ0) is 12.3. The van der Waals surface area contributed by atoms with Crippen molar-refractivity contribution in [1.82, 2.24) is 5.32 Å². The Bertz CT molecular complexity index is 391. The topological polar surface area (TPSA) is 63.5 Å². The lowest BCUT2D eigenvalue weighted by atomic mass is 10.2. The van der Waals surface area contributed by atoms with Gasteiger partial charge in [0.1, 0.15) is 11.5 Å². The first kappa shape index (κ1) is 12.0. The van der Waals surface area contributed by atoms with E-state index >= 15 is 0 Å². The summed E-state index contributed by atoms with van der Waals surface area (Å²) in [6.07, 6.45) is 4.87. The van der Waals surface area contributed by atoms with Crippen molar-refractivity contribution in [2.24, 2.45) is 10.7 Å². The van der Waals surface area contributed by atoms with Gasteiger partial charge < -0.3 is 15.5 Å². The average molecular weight is 235 g/mol. The molecule has 0 spiro atoms. The third-order valence-electron chi connectivity index (χ3n) is 3.20. The third kappa shape index (κ3) is 3.25. The summed E-state index contributed by atoms with van der Waals surface area (Å²) >= 11 is 0. The van der Waals surface area contributed by atoms with E-state index in [0.29, 0.717) is 12.0 Å². The molecule has 17 heavy (non-hydrogen) atoms. The van der Waals surface area contributed by atoms with E-state index < -0.39 is 0 Å². The number of rotatable bonds is 3. The molecule has 0 bridgehead atoms. The molecule has 1 aliphatic carbocycles. The van der Waals surface area contributed by atoms with Crippen molar-refractivity contribution in [3.63, 3.8) is 0 Å². The third-order valence-corrected chi connectivity index (χ3v) is 3.20. The van der Waals surface area contributed by atoms with Crippen LogP contribution in [-0.4, -0.2) is 12.0 Å². The highest BCUT2D eigenvalue weighted by Gasteiger charge is 2.15. The van der Waals surface area contributed by atoms with Gasteiger partial charge in [-0.15, -0.1) is 0 Å². The smallest absolute Gasteiger partial charge is 0.189 e. The second-order valence-corrected chi connectivity index (χ2v) is 4.77. The lowest BCUT2D eigenvalue weighted by molar-refractivity contribution is 0.442. The minimum atomic E-state index is 0.0638.